The smallest absolute Gasteiger partial charge is 0.494 e. The van der Waals surface area contributed by atoms with Crippen molar-refractivity contribution in [1.29, 1.82) is 0 Å². The fourth-order valence-electron chi connectivity index (χ4n) is 5.20. The quantitative estimate of drug-likeness (QED) is 0.382. The monoisotopic (exact) mass is 524 g/mol. The van der Waals surface area contributed by atoms with E-state index in [9.17, 15) is 9.82 Å². The van der Waals surface area contributed by atoms with Crippen molar-refractivity contribution in [2.75, 3.05) is 62.2 Å². The number of carbonyl (C=O) groups excluding carboxylic acids is 1. The van der Waals surface area contributed by atoms with Gasteiger partial charge in [-0.3, -0.25) is 9.80 Å². The number of amides is 1. The van der Waals surface area contributed by atoms with E-state index in [1.807, 2.05) is 51.1 Å². The number of nitrogens with zero attached hydrogens (tertiary/aromatic N) is 3. The Kier molecular flexibility index (Phi) is 9.90. The van der Waals surface area contributed by atoms with E-state index in [0.717, 1.165) is 56.8 Å². The number of carbonyl (C=O) groups is 1. The maximum atomic E-state index is 12.1. The maximum Gasteiger partial charge on any atom is 0.495 e. The van der Waals surface area contributed by atoms with E-state index in [1.165, 1.54) is 5.69 Å². The van der Waals surface area contributed by atoms with E-state index in [1.54, 1.807) is 4.90 Å². The molecule has 3 N–H and O–H groups in total. The maximum absolute atomic E-state index is 12.1. The van der Waals surface area contributed by atoms with Crippen LogP contribution in [-0.2, 0) is 9.39 Å². The van der Waals surface area contributed by atoms with Gasteiger partial charge in [-0.05, 0) is 48.7 Å². The van der Waals surface area contributed by atoms with Crippen molar-refractivity contribution in [3.8, 4) is 5.75 Å². The molecule has 2 saturated heterocycles. The molecule has 0 spiro atoms. The van der Waals surface area contributed by atoms with Crippen molar-refractivity contribution in [2.24, 2.45) is 5.73 Å². The Labute approximate surface area is 226 Å². The van der Waals surface area contributed by atoms with Gasteiger partial charge in [0.1, 0.15) is 11.9 Å². The minimum atomic E-state index is -0.982. The fourth-order valence-corrected chi connectivity index (χ4v) is 5.20. The minimum absolute atomic E-state index is 0.0201. The first-order valence-corrected chi connectivity index (χ1v) is 13.9. The lowest BCUT2D eigenvalue weighted by molar-refractivity contribution is 0.139. The number of hydrogen-bond donors (Lipinski definition) is 2. The molecule has 0 radical (unpaired) electrons. The molecule has 2 atom stereocenters. The molecule has 1 unspecified atom stereocenters. The second-order valence-electron chi connectivity index (χ2n) is 9.54. The Morgan fingerprint density at radius 1 is 1.08 bits per heavy atom. The second-order valence-corrected chi connectivity index (χ2v) is 9.54. The Morgan fingerprint density at radius 3 is 2.45 bits per heavy atom. The summed E-state index contributed by atoms with van der Waals surface area (Å²) in [6.45, 7) is 12.4. The van der Waals surface area contributed by atoms with Crippen LogP contribution in [0, 0.1) is 0 Å². The topological polar surface area (TPSA) is 101 Å². The molecule has 3 aliphatic heterocycles. The highest BCUT2D eigenvalue weighted by atomic mass is 16.6. The van der Waals surface area contributed by atoms with Crippen LogP contribution in [0.5, 0.6) is 5.75 Å². The average molecular weight is 524 g/mol. The van der Waals surface area contributed by atoms with Crippen LogP contribution in [0.3, 0.4) is 0 Å². The number of anilines is 2. The molecule has 206 valence electrons. The van der Waals surface area contributed by atoms with Gasteiger partial charge in [-0.15, -0.1) is 0 Å². The highest BCUT2D eigenvalue weighted by molar-refractivity contribution is 6.62. The zero-order valence-corrected chi connectivity index (χ0v) is 22.8. The third-order valence-electron chi connectivity index (χ3n) is 7.31. The van der Waals surface area contributed by atoms with Gasteiger partial charge in [-0.1, -0.05) is 32.9 Å². The summed E-state index contributed by atoms with van der Waals surface area (Å²) in [5, 5.41) is 10.3. The van der Waals surface area contributed by atoms with Crippen LogP contribution in [0.2, 0.25) is 0 Å². The van der Waals surface area contributed by atoms with E-state index in [-0.39, 0.29) is 18.3 Å². The predicted octanol–water partition coefficient (Wildman–Crippen LogP) is 2.76. The minimum Gasteiger partial charge on any atom is -0.494 e. The Hall–Kier alpha value is -2.79. The number of hydrogen-bond acceptors (Lipinski definition) is 8. The molecule has 9 nitrogen and oxygen atoms in total. The summed E-state index contributed by atoms with van der Waals surface area (Å²) < 4.78 is 16.9. The zero-order valence-electron chi connectivity index (χ0n) is 22.8. The van der Waals surface area contributed by atoms with Crippen LogP contribution in [-0.4, -0.2) is 81.7 Å². The standard InChI is InChI=1S/C26H35BN4O5.C2H6/c1-2-21-18-31(26(32)35-21)20-9-7-19(8-10-20)30-14-12-29(13-15-30)11-4-16-34-23-6-3-5-22-24(17-28)36-27(33)25(22)23;1-2/h3,5-10,21,24,33H,2,4,11-18,28H2,1H3;1-2H3/t21?,24-;/m1./s1. The van der Waals surface area contributed by atoms with Gasteiger partial charge < -0.3 is 29.8 Å². The first-order valence-electron chi connectivity index (χ1n) is 13.9. The van der Waals surface area contributed by atoms with Crippen LogP contribution in [0.25, 0.3) is 0 Å². The number of fused-ring (bicyclic) bond motifs is 1. The molecule has 2 fully saturated rings. The molecule has 5 rings (SSSR count). The zero-order chi connectivity index (χ0) is 27.1. The third kappa shape index (κ3) is 6.26. The van der Waals surface area contributed by atoms with Gasteiger partial charge in [0.2, 0.25) is 0 Å². The highest BCUT2D eigenvalue weighted by Gasteiger charge is 2.37. The largest absolute Gasteiger partial charge is 0.495 e. The average Bonchev–Trinajstić information content (AvgIpc) is 3.52. The van der Waals surface area contributed by atoms with Crippen molar-refractivity contribution in [3.63, 3.8) is 0 Å². The lowest BCUT2D eigenvalue weighted by Gasteiger charge is -2.36. The van der Waals surface area contributed by atoms with Crippen molar-refractivity contribution < 1.29 is 23.9 Å². The van der Waals surface area contributed by atoms with Crippen LogP contribution in [0.4, 0.5) is 16.2 Å². The summed E-state index contributed by atoms with van der Waals surface area (Å²) in [5.41, 5.74) is 9.44. The number of benzene rings is 2. The van der Waals surface area contributed by atoms with E-state index < -0.39 is 7.12 Å². The number of rotatable bonds is 9. The molecular formula is C28H41BN4O5. The molecule has 2 aromatic rings. The molecule has 38 heavy (non-hydrogen) atoms. The summed E-state index contributed by atoms with van der Waals surface area (Å²) >= 11 is 0. The van der Waals surface area contributed by atoms with Crippen LogP contribution < -0.4 is 25.7 Å². The molecule has 0 aromatic heterocycles. The molecule has 0 aliphatic carbocycles. The number of ether oxygens (including phenoxy) is 2. The van der Waals surface area contributed by atoms with Gasteiger partial charge in [-0.2, -0.15) is 0 Å². The Bertz CT molecular complexity index is 1050. The summed E-state index contributed by atoms with van der Waals surface area (Å²) in [6, 6.07) is 13.9. The summed E-state index contributed by atoms with van der Waals surface area (Å²) in [7, 11) is -0.982. The van der Waals surface area contributed by atoms with E-state index >= 15 is 0 Å². The van der Waals surface area contributed by atoms with Crippen molar-refractivity contribution in [2.45, 2.75) is 45.8 Å². The fraction of sp³-hybridized carbons (Fsp3) is 0.536. The molecule has 0 saturated carbocycles. The molecule has 1 amide bonds. The second kappa shape index (κ2) is 13.3. The molecule has 10 heteroatoms. The number of piperazine rings is 1. The van der Waals surface area contributed by atoms with E-state index in [2.05, 4.69) is 21.9 Å². The van der Waals surface area contributed by atoms with E-state index in [0.29, 0.717) is 30.9 Å². The lowest BCUT2D eigenvalue weighted by atomic mass is 9.78. The predicted molar refractivity (Wildman–Crippen MR) is 151 cm³/mol. The van der Waals surface area contributed by atoms with Gasteiger partial charge in [0, 0.05) is 56.1 Å². The number of nitrogens with two attached hydrogens (primary N) is 1. The van der Waals surface area contributed by atoms with Crippen molar-refractivity contribution in [1.82, 2.24) is 4.90 Å². The van der Waals surface area contributed by atoms with Gasteiger partial charge in [0.25, 0.3) is 0 Å². The van der Waals surface area contributed by atoms with E-state index in [4.69, 9.17) is 19.9 Å². The molecule has 2 aromatic carbocycles. The molecule has 3 heterocycles. The van der Waals surface area contributed by atoms with Gasteiger partial charge in [-0.25, -0.2) is 4.79 Å². The van der Waals surface area contributed by atoms with Gasteiger partial charge in [0.15, 0.2) is 0 Å². The highest BCUT2D eigenvalue weighted by Crippen LogP contribution is 2.28. The first kappa shape index (κ1) is 28.2. The Morgan fingerprint density at radius 2 is 1.79 bits per heavy atom. The molecule has 0 bridgehead atoms. The Balaban J connectivity index is 0.00000164. The normalized spacial score (nSPS) is 21.2. The van der Waals surface area contributed by atoms with Crippen LogP contribution in [0.15, 0.2) is 42.5 Å². The SMILES string of the molecule is CC.CCC1CN(c2ccc(N3CCN(CCCOc4cccc5c4B(O)O[C@@H]5CN)CC3)cc2)C(=O)O1. The third-order valence-corrected chi connectivity index (χ3v) is 7.31. The summed E-state index contributed by atoms with van der Waals surface area (Å²) in [6.07, 6.45) is 1.18. The van der Waals surface area contributed by atoms with Gasteiger partial charge >= 0.3 is 13.2 Å². The number of cyclic esters (lactones) is 1. The van der Waals surface area contributed by atoms with Crippen molar-refractivity contribution in [3.05, 3.63) is 48.0 Å². The van der Waals surface area contributed by atoms with Crippen molar-refractivity contribution >= 4 is 30.0 Å². The molecule has 3 aliphatic rings. The van der Waals surface area contributed by atoms with Gasteiger partial charge in [0.05, 0.1) is 19.3 Å². The first-order chi connectivity index (χ1) is 18.6. The van der Waals surface area contributed by atoms with Crippen LogP contribution in [0.1, 0.15) is 45.3 Å². The lowest BCUT2D eigenvalue weighted by Crippen LogP contribution is -2.46. The summed E-state index contributed by atoms with van der Waals surface area (Å²) in [4.78, 5) is 18.7. The molecular weight excluding hydrogens is 483 g/mol. The van der Waals surface area contributed by atoms with Crippen LogP contribution >= 0.6 is 0 Å². The summed E-state index contributed by atoms with van der Waals surface area (Å²) in [5.74, 6) is 0.677.